The predicted octanol–water partition coefficient (Wildman–Crippen LogP) is 3.12. The normalized spacial score (nSPS) is 20.3. The monoisotopic (exact) mass is 370 g/mol. The number of nitrogens with zero attached hydrogens (tertiary/aromatic N) is 2. The van der Waals surface area contributed by atoms with Gasteiger partial charge in [-0.15, -0.1) is 0 Å². The first-order valence-electron chi connectivity index (χ1n) is 9.36. The van der Waals surface area contributed by atoms with Crippen molar-refractivity contribution in [3.05, 3.63) is 71.0 Å². The van der Waals surface area contributed by atoms with Crippen LogP contribution in [0.15, 0.2) is 48.5 Å². The molecule has 0 spiro atoms. The molecular formula is C22H27FN2O2. The first kappa shape index (κ1) is 19.5. The number of benzene rings is 2. The minimum absolute atomic E-state index is 0.242. The first-order chi connectivity index (χ1) is 12.9. The van der Waals surface area contributed by atoms with Crippen molar-refractivity contribution in [1.29, 1.82) is 0 Å². The van der Waals surface area contributed by atoms with Gasteiger partial charge in [0, 0.05) is 26.2 Å². The highest BCUT2D eigenvalue weighted by Gasteiger charge is 2.42. The van der Waals surface area contributed by atoms with E-state index in [1.165, 1.54) is 17.7 Å². The van der Waals surface area contributed by atoms with Crippen LogP contribution >= 0.6 is 0 Å². The molecule has 1 atom stereocenters. The van der Waals surface area contributed by atoms with Crippen molar-refractivity contribution in [2.45, 2.75) is 38.5 Å². The third-order valence-electron chi connectivity index (χ3n) is 5.09. The van der Waals surface area contributed by atoms with Gasteiger partial charge >= 0.3 is 0 Å². The largest absolute Gasteiger partial charge is 0.379 e. The van der Waals surface area contributed by atoms with E-state index in [4.69, 9.17) is 0 Å². The molecule has 0 aromatic heterocycles. The number of piperidine rings is 1. The Bertz CT molecular complexity index is 776. The van der Waals surface area contributed by atoms with Gasteiger partial charge < -0.3 is 10.0 Å². The Morgan fingerprint density at radius 3 is 2.41 bits per heavy atom. The molecule has 1 amide bonds. The Morgan fingerprint density at radius 2 is 1.74 bits per heavy atom. The van der Waals surface area contributed by atoms with Gasteiger partial charge in [0.15, 0.2) is 5.60 Å². The van der Waals surface area contributed by atoms with Crippen LogP contribution in [0.4, 0.5) is 4.39 Å². The van der Waals surface area contributed by atoms with E-state index >= 15 is 0 Å². The molecule has 27 heavy (non-hydrogen) atoms. The van der Waals surface area contributed by atoms with Crippen LogP contribution in [0.2, 0.25) is 0 Å². The topological polar surface area (TPSA) is 43.8 Å². The number of carbonyl (C=O) groups excluding carboxylic acids is 1. The molecule has 0 saturated carbocycles. The van der Waals surface area contributed by atoms with Gasteiger partial charge in [-0.2, -0.15) is 0 Å². The second-order valence-electron chi connectivity index (χ2n) is 7.65. The second-order valence-corrected chi connectivity index (χ2v) is 7.65. The van der Waals surface area contributed by atoms with Crippen molar-refractivity contribution >= 4 is 5.91 Å². The highest BCUT2D eigenvalue weighted by molar-refractivity contribution is 5.86. The Morgan fingerprint density at radius 1 is 1.11 bits per heavy atom. The summed E-state index contributed by atoms with van der Waals surface area (Å²) in [6.07, 6.45) is 1.21. The van der Waals surface area contributed by atoms with Crippen molar-refractivity contribution in [3.63, 3.8) is 0 Å². The number of hydrogen-bond donors (Lipinski definition) is 1. The molecule has 0 aliphatic carbocycles. The smallest absolute Gasteiger partial charge is 0.256 e. The van der Waals surface area contributed by atoms with Gasteiger partial charge in [-0.05, 0) is 50.1 Å². The second kappa shape index (κ2) is 8.19. The van der Waals surface area contributed by atoms with Gasteiger partial charge in [-0.25, -0.2) is 4.39 Å². The maximum atomic E-state index is 13.1. The van der Waals surface area contributed by atoms with E-state index in [0.29, 0.717) is 32.6 Å². The lowest BCUT2D eigenvalue weighted by Gasteiger charge is -2.40. The van der Waals surface area contributed by atoms with Crippen molar-refractivity contribution in [2.75, 3.05) is 20.1 Å². The van der Waals surface area contributed by atoms with Crippen LogP contribution in [0, 0.1) is 12.7 Å². The molecule has 3 rings (SSSR count). The zero-order chi connectivity index (χ0) is 19.4. The first-order valence-corrected chi connectivity index (χ1v) is 9.36. The molecule has 1 heterocycles. The highest BCUT2D eigenvalue weighted by Crippen LogP contribution is 2.25. The van der Waals surface area contributed by atoms with Crippen molar-refractivity contribution in [2.24, 2.45) is 0 Å². The van der Waals surface area contributed by atoms with E-state index < -0.39 is 5.60 Å². The maximum absolute atomic E-state index is 13.1. The van der Waals surface area contributed by atoms with E-state index in [9.17, 15) is 14.3 Å². The number of aliphatic hydroxyl groups is 1. The Balaban J connectivity index is 1.63. The van der Waals surface area contributed by atoms with Crippen LogP contribution in [-0.4, -0.2) is 46.6 Å². The highest BCUT2D eigenvalue weighted by atomic mass is 19.1. The van der Waals surface area contributed by atoms with Crippen LogP contribution < -0.4 is 0 Å². The average Bonchev–Trinajstić information content (AvgIpc) is 2.63. The number of halogens is 1. The fraction of sp³-hybridized carbons (Fsp3) is 0.409. The molecule has 1 aliphatic heterocycles. The molecule has 2 aromatic rings. The molecule has 1 N–H and O–H groups in total. The lowest BCUT2D eigenvalue weighted by Crippen LogP contribution is -2.57. The van der Waals surface area contributed by atoms with Gasteiger partial charge in [0.1, 0.15) is 5.82 Å². The van der Waals surface area contributed by atoms with Gasteiger partial charge in [0.05, 0.1) is 0 Å². The Kier molecular flexibility index (Phi) is 5.92. The van der Waals surface area contributed by atoms with Crippen LogP contribution in [0.3, 0.4) is 0 Å². The number of aryl methyl sites for hydroxylation is 1. The molecule has 4 nitrogen and oxygen atoms in total. The zero-order valence-electron chi connectivity index (χ0n) is 16.0. The minimum atomic E-state index is -1.38. The van der Waals surface area contributed by atoms with Crippen LogP contribution in [-0.2, 0) is 17.9 Å². The molecule has 1 aliphatic rings. The zero-order valence-corrected chi connectivity index (χ0v) is 16.0. The summed E-state index contributed by atoms with van der Waals surface area (Å²) in [4.78, 5) is 16.6. The van der Waals surface area contributed by atoms with Crippen LogP contribution in [0.5, 0.6) is 0 Å². The van der Waals surface area contributed by atoms with E-state index in [1.807, 2.05) is 18.9 Å². The number of likely N-dealkylation sites (N-methyl/N-ethyl adjacent to an activating group) is 1. The number of hydrogen-bond acceptors (Lipinski definition) is 3. The van der Waals surface area contributed by atoms with Gasteiger partial charge in [0.2, 0.25) is 0 Å². The fourth-order valence-corrected chi connectivity index (χ4v) is 3.68. The van der Waals surface area contributed by atoms with Crippen LogP contribution in [0.25, 0.3) is 0 Å². The number of amides is 1. The molecule has 1 fully saturated rings. The van der Waals surface area contributed by atoms with Crippen LogP contribution in [0.1, 0.15) is 29.5 Å². The van der Waals surface area contributed by atoms with Crippen molar-refractivity contribution in [1.82, 2.24) is 9.80 Å². The number of rotatable bonds is 6. The lowest BCUT2D eigenvalue weighted by molar-refractivity contribution is -0.160. The van der Waals surface area contributed by atoms with E-state index in [1.54, 1.807) is 17.0 Å². The fourth-order valence-electron chi connectivity index (χ4n) is 3.68. The molecule has 2 aromatic carbocycles. The summed E-state index contributed by atoms with van der Waals surface area (Å²) >= 11 is 0. The molecule has 144 valence electrons. The van der Waals surface area contributed by atoms with E-state index in [-0.39, 0.29) is 11.7 Å². The third kappa shape index (κ3) is 4.93. The average molecular weight is 370 g/mol. The summed E-state index contributed by atoms with van der Waals surface area (Å²) in [5.74, 6) is -0.535. The summed E-state index contributed by atoms with van der Waals surface area (Å²) in [7, 11) is 1.92. The van der Waals surface area contributed by atoms with Gasteiger partial charge in [-0.3, -0.25) is 9.69 Å². The molecular weight excluding hydrogens is 343 g/mol. The van der Waals surface area contributed by atoms with Gasteiger partial charge in [-0.1, -0.05) is 42.0 Å². The minimum Gasteiger partial charge on any atom is -0.379 e. The number of carbonyl (C=O) groups is 1. The molecule has 0 radical (unpaired) electrons. The van der Waals surface area contributed by atoms with E-state index in [0.717, 1.165) is 17.5 Å². The predicted molar refractivity (Wildman–Crippen MR) is 104 cm³/mol. The molecule has 1 saturated heterocycles. The quantitative estimate of drug-likeness (QED) is 0.850. The molecule has 0 bridgehead atoms. The molecule has 1 unspecified atom stereocenters. The lowest BCUT2D eigenvalue weighted by atomic mass is 9.90. The summed E-state index contributed by atoms with van der Waals surface area (Å²) in [6.45, 7) is 4.02. The summed E-state index contributed by atoms with van der Waals surface area (Å²) in [5, 5.41) is 11.0. The van der Waals surface area contributed by atoms with E-state index in [2.05, 4.69) is 24.3 Å². The Labute approximate surface area is 160 Å². The van der Waals surface area contributed by atoms with Gasteiger partial charge in [0.25, 0.3) is 5.91 Å². The molecule has 5 heteroatoms. The standard InChI is InChI=1S/C22H27FN2O2/c1-17-4-6-18(7-5-17)14-24(2)16-22(27)12-3-13-25(21(22)26)15-19-8-10-20(23)11-9-19/h4-11,27H,3,12-16H2,1-2H3. The third-order valence-corrected chi connectivity index (χ3v) is 5.09. The van der Waals surface area contributed by atoms with Crippen molar-refractivity contribution < 1.29 is 14.3 Å². The number of likely N-dealkylation sites (tertiary alicyclic amines) is 1. The summed E-state index contributed by atoms with van der Waals surface area (Å²) in [5.41, 5.74) is 1.84. The summed E-state index contributed by atoms with van der Waals surface area (Å²) < 4.78 is 13.1. The maximum Gasteiger partial charge on any atom is 0.256 e. The SMILES string of the molecule is Cc1ccc(CN(C)CC2(O)CCCN(Cc3ccc(F)cc3)C2=O)cc1. The summed E-state index contributed by atoms with van der Waals surface area (Å²) in [6, 6.07) is 14.4. The van der Waals surface area contributed by atoms with Crippen molar-refractivity contribution in [3.8, 4) is 0 Å². The Hall–Kier alpha value is -2.24.